The molecule has 0 aliphatic heterocycles. The molecule has 0 radical (unpaired) electrons. The molecular formula is C24H20ClN3O2S. The quantitative estimate of drug-likeness (QED) is 0.333. The van der Waals surface area contributed by atoms with Crippen molar-refractivity contribution in [3.63, 3.8) is 0 Å². The van der Waals surface area contributed by atoms with E-state index >= 15 is 0 Å². The molecule has 0 saturated carbocycles. The van der Waals surface area contributed by atoms with Gasteiger partial charge in [-0.25, -0.2) is 4.98 Å². The molecule has 1 amide bonds. The van der Waals surface area contributed by atoms with Crippen LogP contribution in [0.2, 0.25) is 5.02 Å². The maximum atomic E-state index is 13.1. The van der Waals surface area contributed by atoms with Crippen LogP contribution in [0, 0.1) is 0 Å². The lowest BCUT2D eigenvalue weighted by molar-refractivity contribution is -0.118. The lowest BCUT2D eigenvalue weighted by Crippen LogP contribution is -2.27. The van der Waals surface area contributed by atoms with Gasteiger partial charge in [-0.1, -0.05) is 84.0 Å². The number of carbonyl (C=O) groups excluding carboxylic acids is 1. The van der Waals surface area contributed by atoms with Crippen LogP contribution in [0.5, 0.6) is 0 Å². The number of benzene rings is 3. The minimum Gasteiger partial charge on any atom is -0.351 e. The molecule has 0 unspecified atom stereocenters. The van der Waals surface area contributed by atoms with Gasteiger partial charge in [-0.05, 0) is 29.3 Å². The predicted molar refractivity (Wildman–Crippen MR) is 126 cm³/mol. The first kappa shape index (κ1) is 21.2. The maximum Gasteiger partial charge on any atom is 0.262 e. The average Bonchev–Trinajstić information content (AvgIpc) is 2.80. The Kier molecular flexibility index (Phi) is 6.70. The first-order valence-corrected chi connectivity index (χ1v) is 11.1. The van der Waals surface area contributed by atoms with Crippen LogP contribution in [-0.4, -0.2) is 21.2 Å². The number of nitrogens with zero attached hydrogens (tertiary/aromatic N) is 2. The highest BCUT2D eigenvalue weighted by atomic mass is 35.5. The zero-order valence-corrected chi connectivity index (χ0v) is 18.2. The molecule has 7 heteroatoms. The van der Waals surface area contributed by atoms with Crippen molar-refractivity contribution in [2.75, 3.05) is 5.75 Å². The van der Waals surface area contributed by atoms with Gasteiger partial charge in [-0.15, -0.1) is 0 Å². The van der Waals surface area contributed by atoms with Crippen molar-refractivity contribution in [1.82, 2.24) is 14.9 Å². The molecule has 4 rings (SSSR count). The first-order valence-electron chi connectivity index (χ1n) is 9.78. The number of para-hydroxylation sites is 1. The normalized spacial score (nSPS) is 10.9. The van der Waals surface area contributed by atoms with Crippen LogP contribution in [0.25, 0.3) is 10.9 Å². The molecular weight excluding hydrogens is 430 g/mol. The third kappa shape index (κ3) is 5.16. The third-order valence-electron chi connectivity index (χ3n) is 4.78. The second kappa shape index (κ2) is 9.81. The number of rotatable bonds is 7. The van der Waals surface area contributed by atoms with Gasteiger partial charge in [0.2, 0.25) is 5.91 Å². The highest BCUT2D eigenvalue weighted by Crippen LogP contribution is 2.19. The molecule has 0 bridgehead atoms. The topological polar surface area (TPSA) is 64.0 Å². The fourth-order valence-corrected chi connectivity index (χ4v) is 4.21. The number of hydrogen-bond acceptors (Lipinski definition) is 4. The number of amides is 1. The predicted octanol–water partition coefficient (Wildman–Crippen LogP) is 4.51. The molecule has 31 heavy (non-hydrogen) atoms. The number of carbonyl (C=O) groups is 1. The standard InChI is InChI=1S/C24H20ClN3O2S/c25-20-12-6-4-10-18(20)14-26-22(29)16-31-24-27-21-13-7-5-11-19(21)23(30)28(24)15-17-8-2-1-3-9-17/h1-13H,14-16H2,(H,26,29). The second-order valence-electron chi connectivity index (χ2n) is 6.95. The number of halogens is 1. The van der Waals surface area contributed by atoms with E-state index in [-0.39, 0.29) is 17.2 Å². The fourth-order valence-electron chi connectivity index (χ4n) is 3.18. The van der Waals surface area contributed by atoms with Gasteiger partial charge in [-0.3, -0.25) is 14.2 Å². The minimum atomic E-state index is -0.154. The summed E-state index contributed by atoms with van der Waals surface area (Å²) in [6, 6.07) is 24.4. The van der Waals surface area contributed by atoms with Crippen molar-refractivity contribution in [2.45, 2.75) is 18.2 Å². The van der Waals surface area contributed by atoms with E-state index in [0.29, 0.717) is 34.2 Å². The highest BCUT2D eigenvalue weighted by molar-refractivity contribution is 7.99. The molecule has 0 spiro atoms. The van der Waals surface area contributed by atoms with Gasteiger partial charge in [0.15, 0.2) is 5.16 Å². The molecule has 1 aromatic heterocycles. The molecule has 0 fully saturated rings. The van der Waals surface area contributed by atoms with Gasteiger partial charge in [0, 0.05) is 11.6 Å². The minimum absolute atomic E-state index is 0.117. The van der Waals surface area contributed by atoms with Crippen LogP contribution >= 0.6 is 23.4 Å². The molecule has 0 saturated heterocycles. The Morgan fingerprint density at radius 1 is 0.968 bits per heavy atom. The Bertz CT molecular complexity index is 1270. The molecule has 156 valence electrons. The van der Waals surface area contributed by atoms with E-state index in [4.69, 9.17) is 11.6 Å². The number of hydrogen-bond donors (Lipinski definition) is 1. The van der Waals surface area contributed by atoms with E-state index in [0.717, 1.165) is 11.1 Å². The largest absolute Gasteiger partial charge is 0.351 e. The summed E-state index contributed by atoms with van der Waals surface area (Å²) >= 11 is 7.40. The molecule has 0 aliphatic carbocycles. The third-order valence-corrected chi connectivity index (χ3v) is 6.12. The number of thioether (sulfide) groups is 1. The van der Waals surface area contributed by atoms with Gasteiger partial charge >= 0.3 is 0 Å². The van der Waals surface area contributed by atoms with E-state index in [1.807, 2.05) is 66.7 Å². The summed E-state index contributed by atoms with van der Waals surface area (Å²) < 4.78 is 1.63. The Morgan fingerprint density at radius 3 is 2.48 bits per heavy atom. The smallest absolute Gasteiger partial charge is 0.262 e. The molecule has 0 atom stereocenters. The van der Waals surface area contributed by atoms with Crippen LogP contribution in [0.15, 0.2) is 88.8 Å². The van der Waals surface area contributed by atoms with Gasteiger partial charge in [0.25, 0.3) is 5.56 Å². The zero-order valence-electron chi connectivity index (χ0n) is 16.6. The monoisotopic (exact) mass is 449 g/mol. The van der Waals surface area contributed by atoms with Crippen molar-refractivity contribution in [3.05, 3.63) is 105 Å². The molecule has 4 aromatic rings. The summed E-state index contributed by atoms with van der Waals surface area (Å²) in [5.41, 5.74) is 2.35. The van der Waals surface area contributed by atoms with E-state index in [1.165, 1.54) is 11.8 Å². The van der Waals surface area contributed by atoms with Gasteiger partial charge in [0.1, 0.15) is 0 Å². The van der Waals surface area contributed by atoms with Crippen LogP contribution in [0.1, 0.15) is 11.1 Å². The Labute approximate surface area is 189 Å². The van der Waals surface area contributed by atoms with Gasteiger partial charge < -0.3 is 5.32 Å². The first-order chi connectivity index (χ1) is 15.1. The van der Waals surface area contributed by atoms with Crippen LogP contribution in [0.3, 0.4) is 0 Å². The van der Waals surface area contributed by atoms with Crippen molar-refractivity contribution in [2.24, 2.45) is 0 Å². The van der Waals surface area contributed by atoms with E-state index in [2.05, 4.69) is 10.3 Å². The van der Waals surface area contributed by atoms with Gasteiger partial charge in [-0.2, -0.15) is 0 Å². The van der Waals surface area contributed by atoms with Crippen molar-refractivity contribution in [1.29, 1.82) is 0 Å². The summed E-state index contributed by atoms with van der Waals surface area (Å²) in [6.45, 7) is 0.738. The van der Waals surface area contributed by atoms with Crippen LogP contribution < -0.4 is 10.9 Å². The Morgan fingerprint density at radius 2 is 1.68 bits per heavy atom. The Balaban J connectivity index is 1.54. The summed E-state index contributed by atoms with van der Waals surface area (Å²) in [4.78, 5) is 30.2. The van der Waals surface area contributed by atoms with Crippen molar-refractivity contribution in [3.8, 4) is 0 Å². The second-order valence-corrected chi connectivity index (χ2v) is 8.29. The van der Waals surface area contributed by atoms with E-state index < -0.39 is 0 Å². The molecule has 1 heterocycles. The van der Waals surface area contributed by atoms with Crippen LogP contribution in [0.4, 0.5) is 0 Å². The van der Waals surface area contributed by atoms with Crippen molar-refractivity contribution >= 4 is 40.2 Å². The average molecular weight is 450 g/mol. The number of fused-ring (bicyclic) bond motifs is 1. The van der Waals surface area contributed by atoms with E-state index in [1.54, 1.807) is 16.7 Å². The highest BCUT2D eigenvalue weighted by Gasteiger charge is 2.14. The number of aromatic nitrogens is 2. The van der Waals surface area contributed by atoms with E-state index in [9.17, 15) is 9.59 Å². The molecule has 1 N–H and O–H groups in total. The maximum absolute atomic E-state index is 13.1. The fraction of sp³-hybridized carbons (Fsp3) is 0.125. The lowest BCUT2D eigenvalue weighted by atomic mass is 10.2. The number of nitrogens with one attached hydrogen (secondary N) is 1. The van der Waals surface area contributed by atoms with Crippen LogP contribution in [-0.2, 0) is 17.9 Å². The lowest BCUT2D eigenvalue weighted by Gasteiger charge is -2.13. The summed E-state index contributed by atoms with van der Waals surface area (Å²) in [6.07, 6.45) is 0. The van der Waals surface area contributed by atoms with Gasteiger partial charge in [0.05, 0.1) is 23.2 Å². The summed E-state index contributed by atoms with van der Waals surface area (Å²) in [7, 11) is 0. The molecule has 5 nitrogen and oxygen atoms in total. The molecule has 0 aliphatic rings. The van der Waals surface area contributed by atoms with Crippen molar-refractivity contribution < 1.29 is 4.79 Å². The molecule has 3 aromatic carbocycles. The summed E-state index contributed by atoms with van der Waals surface area (Å²) in [5.74, 6) is -0.0112. The SMILES string of the molecule is O=C(CSc1nc2ccccc2c(=O)n1Cc1ccccc1)NCc1ccccc1Cl. The Hall–Kier alpha value is -3.09. The summed E-state index contributed by atoms with van der Waals surface area (Å²) in [5, 5.41) is 4.56. The zero-order chi connectivity index (χ0) is 21.6.